The van der Waals surface area contributed by atoms with Crippen molar-refractivity contribution in [3.8, 4) is 5.75 Å². The summed E-state index contributed by atoms with van der Waals surface area (Å²) in [5, 5.41) is 1.27. The Bertz CT molecular complexity index is 497. The molecule has 1 unspecified atom stereocenters. The lowest BCUT2D eigenvalue weighted by Gasteiger charge is -2.03. The van der Waals surface area contributed by atoms with E-state index in [9.17, 15) is 0 Å². The largest absolute Gasteiger partial charge is 0.494 e. The minimum atomic E-state index is 0.363. The van der Waals surface area contributed by atoms with Gasteiger partial charge in [-0.15, -0.1) is 0 Å². The molecule has 0 aliphatic rings. The summed E-state index contributed by atoms with van der Waals surface area (Å²) in [4.78, 5) is 7.77. The maximum Gasteiger partial charge on any atom is 0.166 e. The molecular formula is C12H17N3OS. The molecule has 0 saturated heterocycles. The van der Waals surface area contributed by atoms with E-state index >= 15 is 0 Å². The zero-order valence-electron chi connectivity index (χ0n) is 10.1. The summed E-state index contributed by atoms with van der Waals surface area (Å²) < 4.78 is 5.45. The molecule has 0 radical (unpaired) electrons. The van der Waals surface area contributed by atoms with Gasteiger partial charge in [0, 0.05) is 17.9 Å². The van der Waals surface area contributed by atoms with Gasteiger partial charge >= 0.3 is 0 Å². The van der Waals surface area contributed by atoms with Crippen LogP contribution in [0.25, 0.3) is 11.0 Å². The van der Waals surface area contributed by atoms with Crippen LogP contribution in [-0.4, -0.2) is 28.4 Å². The molecule has 0 saturated carbocycles. The lowest BCUT2D eigenvalue weighted by atomic mass is 10.3. The van der Waals surface area contributed by atoms with Crippen LogP contribution in [0.5, 0.6) is 5.75 Å². The summed E-state index contributed by atoms with van der Waals surface area (Å²) in [6.45, 7) is 5.38. The zero-order valence-corrected chi connectivity index (χ0v) is 10.9. The van der Waals surface area contributed by atoms with Crippen molar-refractivity contribution in [3.63, 3.8) is 0 Å². The van der Waals surface area contributed by atoms with Crippen LogP contribution in [-0.2, 0) is 0 Å². The molecule has 4 nitrogen and oxygen atoms in total. The normalized spacial score (nSPS) is 12.9. The van der Waals surface area contributed by atoms with Crippen LogP contribution in [0.2, 0.25) is 0 Å². The van der Waals surface area contributed by atoms with E-state index in [-0.39, 0.29) is 0 Å². The highest BCUT2D eigenvalue weighted by Gasteiger charge is 2.08. The van der Waals surface area contributed by atoms with Gasteiger partial charge in [0.1, 0.15) is 5.75 Å². The van der Waals surface area contributed by atoms with E-state index < -0.39 is 0 Å². The number of thioether (sulfide) groups is 1. The lowest BCUT2D eigenvalue weighted by Crippen LogP contribution is -2.12. The summed E-state index contributed by atoms with van der Waals surface area (Å²) in [7, 11) is 0. The van der Waals surface area contributed by atoms with Gasteiger partial charge in [0.25, 0.3) is 0 Å². The number of hydrogen-bond donors (Lipinski definition) is 2. The van der Waals surface area contributed by atoms with Crippen molar-refractivity contribution in [3.05, 3.63) is 18.2 Å². The van der Waals surface area contributed by atoms with Gasteiger partial charge in [-0.05, 0) is 19.1 Å². The van der Waals surface area contributed by atoms with E-state index in [1.165, 1.54) is 0 Å². The molecule has 2 rings (SSSR count). The van der Waals surface area contributed by atoms with Gasteiger partial charge in [0.15, 0.2) is 5.16 Å². The molecule has 0 aliphatic carbocycles. The second kappa shape index (κ2) is 5.42. The van der Waals surface area contributed by atoms with E-state index in [0.29, 0.717) is 18.4 Å². The average Bonchev–Trinajstić information content (AvgIpc) is 2.70. The molecule has 0 bridgehead atoms. The zero-order chi connectivity index (χ0) is 12.3. The third-order valence-corrected chi connectivity index (χ3v) is 3.40. The Morgan fingerprint density at radius 1 is 1.53 bits per heavy atom. The van der Waals surface area contributed by atoms with Gasteiger partial charge < -0.3 is 15.5 Å². The van der Waals surface area contributed by atoms with E-state index in [1.54, 1.807) is 11.8 Å². The minimum absolute atomic E-state index is 0.363. The van der Waals surface area contributed by atoms with Crippen molar-refractivity contribution < 1.29 is 4.74 Å². The topological polar surface area (TPSA) is 63.9 Å². The van der Waals surface area contributed by atoms with E-state index in [4.69, 9.17) is 10.5 Å². The number of benzene rings is 1. The number of aromatic amines is 1. The number of nitrogens with zero attached hydrogens (tertiary/aromatic N) is 1. The molecule has 1 aromatic heterocycles. The van der Waals surface area contributed by atoms with Crippen LogP contribution in [0.15, 0.2) is 23.4 Å². The molecule has 1 heterocycles. The van der Waals surface area contributed by atoms with Crippen LogP contribution in [0, 0.1) is 0 Å². The Morgan fingerprint density at radius 3 is 3.06 bits per heavy atom. The smallest absolute Gasteiger partial charge is 0.166 e. The summed E-state index contributed by atoms with van der Waals surface area (Å²) in [5.74, 6) is 0.868. The van der Waals surface area contributed by atoms with E-state index in [2.05, 4.69) is 16.9 Å². The van der Waals surface area contributed by atoms with Gasteiger partial charge in [0.05, 0.1) is 17.6 Å². The monoisotopic (exact) mass is 251 g/mol. The number of fused-ring (bicyclic) bond motifs is 1. The Morgan fingerprint density at radius 2 is 2.35 bits per heavy atom. The fraction of sp³-hybridized carbons (Fsp3) is 0.417. The van der Waals surface area contributed by atoms with Crippen molar-refractivity contribution in [2.75, 3.05) is 13.2 Å². The number of imidazole rings is 1. The summed E-state index contributed by atoms with van der Waals surface area (Å²) in [5.41, 5.74) is 7.56. The number of nitrogens with one attached hydrogen (secondary N) is 1. The number of H-pyrrole nitrogens is 1. The summed E-state index contributed by atoms with van der Waals surface area (Å²) in [6, 6.07) is 5.88. The molecule has 0 spiro atoms. The predicted molar refractivity (Wildman–Crippen MR) is 71.6 cm³/mol. The number of aromatic nitrogens is 2. The number of hydrogen-bond acceptors (Lipinski definition) is 4. The van der Waals surface area contributed by atoms with Crippen LogP contribution >= 0.6 is 11.8 Å². The van der Waals surface area contributed by atoms with E-state index in [0.717, 1.165) is 21.9 Å². The highest BCUT2D eigenvalue weighted by Crippen LogP contribution is 2.25. The van der Waals surface area contributed by atoms with Crippen LogP contribution in [0.1, 0.15) is 13.8 Å². The molecule has 92 valence electrons. The first-order valence-electron chi connectivity index (χ1n) is 5.72. The molecule has 2 aromatic rings. The molecule has 1 aromatic carbocycles. The maximum atomic E-state index is 5.60. The van der Waals surface area contributed by atoms with Crippen LogP contribution in [0.3, 0.4) is 0 Å². The fourth-order valence-corrected chi connectivity index (χ4v) is 2.31. The van der Waals surface area contributed by atoms with Crippen molar-refractivity contribution in [2.45, 2.75) is 24.3 Å². The Kier molecular flexibility index (Phi) is 3.91. The lowest BCUT2D eigenvalue weighted by molar-refractivity contribution is 0.340. The molecule has 5 heteroatoms. The third-order valence-electron chi connectivity index (χ3n) is 2.39. The summed E-state index contributed by atoms with van der Waals surface area (Å²) in [6.07, 6.45) is 0. The van der Waals surface area contributed by atoms with Gasteiger partial charge in [0.2, 0.25) is 0 Å². The first kappa shape index (κ1) is 12.3. The molecule has 0 amide bonds. The van der Waals surface area contributed by atoms with E-state index in [1.807, 2.05) is 25.1 Å². The Hall–Kier alpha value is -1.20. The van der Waals surface area contributed by atoms with Crippen molar-refractivity contribution in [2.24, 2.45) is 5.73 Å². The first-order valence-corrected chi connectivity index (χ1v) is 6.60. The standard InChI is InChI=1S/C12H17N3OS/c1-3-16-9-4-5-10-11(6-9)15-12(14-10)17-8(2)7-13/h4-6,8H,3,7,13H2,1-2H3,(H,14,15). The Labute approximate surface area is 105 Å². The van der Waals surface area contributed by atoms with Gasteiger partial charge in [-0.25, -0.2) is 4.98 Å². The molecule has 0 aliphatic heterocycles. The van der Waals surface area contributed by atoms with Crippen molar-refractivity contribution in [1.82, 2.24) is 9.97 Å². The van der Waals surface area contributed by atoms with Gasteiger partial charge in [-0.1, -0.05) is 18.7 Å². The second-order valence-corrected chi connectivity index (χ2v) is 5.25. The summed E-state index contributed by atoms with van der Waals surface area (Å²) >= 11 is 1.66. The minimum Gasteiger partial charge on any atom is -0.494 e. The number of nitrogens with two attached hydrogens (primary N) is 1. The third kappa shape index (κ3) is 2.92. The Balaban J connectivity index is 2.24. The molecule has 17 heavy (non-hydrogen) atoms. The number of rotatable bonds is 5. The van der Waals surface area contributed by atoms with Crippen molar-refractivity contribution in [1.29, 1.82) is 0 Å². The molecule has 0 fully saturated rings. The molecule has 3 N–H and O–H groups in total. The SMILES string of the molecule is CCOc1ccc2nc(SC(C)CN)[nH]c2c1. The highest BCUT2D eigenvalue weighted by molar-refractivity contribution is 7.99. The molecular weight excluding hydrogens is 234 g/mol. The number of ether oxygens (including phenoxy) is 1. The van der Waals surface area contributed by atoms with Gasteiger partial charge in [-0.3, -0.25) is 0 Å². The van der Waals surface area contributed by atoms with Gasteiger partial charge in [-0.2, -0.15) is 0 Å². The highest BCUT2D eigenvalue weighted by atomic mass is 32.2. The average molecular weight is 251 g/mol. The predicted octanol–water partition coefficient (Wildman–Crippen LogP) is 2.40. The van der Waals surface area contributed by atoms with Crippen LogP contribution in [0.4, 0.5) is 0 Å². The second-order valence-electron chi connectivity index (χ2n) is 3.82. The first-order chi connectivity index (χ1) is 8.22. The fourth-order valence-electron chi connectivity index (χ4n) is 1.52. The van der Waals surface area contributed by atoms with Crippen LogP contribution < -0.4 is 10.5 Å². The quantitative estimate of drug-likeness (QED) is 0.801. The van der Waals surface area contributed by atoms with Crippen molar-refractivity contribution >= 4 is 22.8 Å². The molecule has 1 atom stereocenters. The maximum absolute atomic E-state index is 5.60.